The van der Waals surface area contributed by atoms with Crippen LogP contribution in [0.5, 0.6) is 17.2 Å². The van der Waals surface area contributed by atoms with Crippen molar-refractivity contribution in [2.45, 2.75) is 19.2 Å². The summed E-state index contributed by atoms with van der Waals surface area (Å²) in [5.41, 5.74) is 0.690. The van der Waals surface area contributed by atoms with Gasteiger partial charge in [0.2, 0.25) is 11.8 Å². The van der Waals surface area contributed by atoms with Crippen LogP contribution in [-0.4, -0.2) is 42.3 Å². The fraction of sp³-hybridized carbons (Fsp3) is 0.286. The van der Waals surface area contributed by atoms with Gasteiger partial charge in [0.1, 0.15) is 35.8 Å². The number of halogens is 1. The Morgan fingerprint density at radius 3 is 2.42 bits per heavy atom. The number of nitrogens with zero attached hydrogens (tertiary/aromatic N) is 2. The SMILES string of the molecule is COc1ccc(OCCOc2ccc(Cl)cc2)c([C@@H]2SC(NC(C)=O)=NN2C(C)=O)c1. The quantitative estimate of drug-likeness (QED) is 0.628. The molecular formula is C21H22ClN3O5S. The number of carbonyl (C=O) groups excluding carboxylic acids is 2. The second kappa shape index (κ2) is 10.4. The van der Waals surface area contributed by atoms with Crippen molar-refractivity contribution >= 4 is 40.3 Å². The number of amidine groups is 1. The Balaban J connectivity index is 1.74. The van der Waals surface area contributed by atoms with E-state index in [4.69, 9.17) is 25.8 Å². The number of rotatable bonds is 7. The van der Waals surface area contributed by atoms with Crippen LogP contribution < -0.4 is 19.5 Å². The minimum Gasteiger partial charge on any atom is -0.497 e. The standard InChI is InChI=1S/C21H22ClN3O5S/c1-13(26)23-21-24-25(14(2)27)20(31-21)18-12-17(28-3)8-9-19(18)30-11-10-29-16-6-4-15(22)5-7-16/h4-9,12,20H,10-11H2,1-3H3,(H,23,24,26)/t20-/m0/s1. The molecular weight excluding hydrogens is 442 g/mol. The molecule has 8 nitrogen and oxygen atoms in total. The van der Waals surface area contributed by atoms with Crippen LogP contribution in [0.15, 0.2) is 47.6 Å². The van der Waals surface area contributed by atoms with Crippen LogP contribution >= 0.6 is 23.4 Å². The average Bonchev–Trinajstić information content (AvgIpc) is 3.15. The number of hydrogen-bond donors (Lipinski definition) is 1. The summed E-state index contributed by atoms with van der Waals surface area (Å²) in [5, 5.41) is 8.62. The molecule has 31 heavy (non-hydrogen) atoms. The molecule has 0 bridgehead atoms. The molecule has 0 fully saturated rings. The van der Waals surface area contributed by atoms with E-state index >= 15 is 0 Å². The third kappa shape index (κ3) is 6.05. The molecule has 1 aliphatic rings. The summed E-state index contributed by atoms with van der Waals surface area (Å²) >= 11 is 7.12. The van der Waals surface area contributed by atoms with Gasteiger partial charge in [-0.05, 0) is 42.5 Å². The Kier molecular flexibility index (Phi) is 7.64. The number of ether oxygens (including phenoxy) is 3. The summed E-state index contributed by atoms with van der Waals surface area (Å²) in [6.45, 7) is 3.39. The fourth-order valence-corrected chi connectivity index (χ4v) is 4.07. The molecule has 1 N–H and O–H groups in total. The third-order valence-electron chi connectivity index (χ3n) is 4.16. The number of hydrazone groups is 1. The van der Waals surface area contributed by atoms with E-state index in [-0.39, 0.29) is 18.4 Å². The lowest BCUT2D eigenvalue weighted by atomic mass is 10.1. The molecule has 2 aromatic carbocycles. The van der Waals surface area contributed by atoms with Crippen LogP contribution in [0.3, 0.4) is 0 Å². The van der Waals surface area contributed by atoms with Gasteiger partial charge in [-0.15, -0.1) is 5.10 Å². The summed E-state index contributed by atoms with van der Waals surface area (Å²) in [4.78, 5) is 23.6. The second-order valence-electron chi connectivity index (χ2n) is 6.47. The minimum atomic E-state index is -0.512. The maximum atomic E-state index is 12.2. The van der Waals surface area contributed by atoms with Crippen LogP contribution in [0.4, 0.5) is 0 Å². The highest BCUT2D eigenvalue weighted by Crippen LogP contribution is 2.43. The summed E-state index contributed by atoms with van der Waals surface area (Å²) in [6.07, 6.45) is 0. The molecule has 0 aromatic heterocycles. The Labute approximate surface area is 189 Å². The van der Waals surface area contributed by atoms with Crippen LogP contribution in [0.1, 0.15) is 24.8 Å². The lowest BCUT2D eigenvalue weighted by Gasteiger charge is -2.22. The van der Waals surface area contributed by atoms with Crippen molar-refractivity contribution in [3.05, 3.63) is 53.1 Å². The van der Waals surface area contributed by atoms with Crippen molar-refractivity contribution in [1.82, 2.24) is 10.3 Å². The number of benzene rings is 2. The van der Waals surface area contributed by atoms with Gasteiger partial charge >= 0.3 is 0 Å². The predicted molar refractivity (Wildman–Crippen MR) is 120 cm³/mol. The first-order chi connectivity index (χ1) is 14.9. The first-order valence-corrected chi connectivity index (χ1v) is 10.6. The number of nitrogens with one attached hydrogen (secondary N) is 1. The minimum absolute atomic E-state index is 0.266. The first kappa shape index (κ1) is 22.8. The molecule has 1 heterocycles. The molecule has 2 amide bonds. The molecule has 0 saturated heterocycles. The van der Waals surface area contributed by atoms with E-state index in [2.05, 4.69) is 10.4 Å². The van der Waals surface area contributed by atoms with Crippen molar-refractivity contribution in [1.29, 1.82) is 0 Å². The highest BCUT2D eigenvalue weighted by atomic mass is 35.5. The van der Waals surface area contributed by atoms with Crippen LogP contribution in [-0.2, 0) is 9.59 Å². The largest absolute Gasteiger partial charge is 0.497 e. The van der Waals surface area contributed by atoms with Gasteiger partial charge in [0.05, 0.1) is 7.11 Å². The van der Waals surface area contributed by atoms with Gasteiger partial charge < -0.3 is 19.5 Å². The number of hydrogen-bond acceptors (Lipinski definition) is 7. The van der Waals surface area contributed by atoms with Crippen molar-refractivity contribution in [3.63, 3.8) is 0 Å². The highest BCUT2D eigenvalue weighted by molar-refractivity contribution is 8.14. The van der Waals surface area contributed by atoms with Crippen LogP contribution in [0, 0.1) is 0 Å². The zero-order chi connectivity index (χ0) is 22.4. The molecule has 0 aliphatic carbocycles. The van der Waals surface area contributed by atoms with Crippen LogP contribution in [0.2, 0.25) is 5.02 Å². The summed E-state index contributed by atoms with van der Waals surface area (Å²) < 4.78 is 16.9. The highest BCUT2D eigenvalue weighted by Gasteiger charge is 2.34. The molecule has 0 saturated carbocycles. The van der Waals surface area contributed by atoms with Crippen molar-refractivity contribution in [2.75, 3.05) is 20.3 Å². The van der Waals surface area contributed by atoms with E-state index in [0.717, 1.165) is 0 Å². The van der Waals surface area contributed by atoms with E-state index in [1.807, 2.05) is 0 Å². The lowest BCUT2D eigenvalue weighted by Crippen LogP contribution is -2.25. The van der Waals surface area contributed by atoms with Gasteiger partial charge in [0.25, 0.3) is 0 Å². The topological polar surface area (TPSA) is 89.5 Å². The Morgan fingerprint density at radius 1 is 1.10 bits per heavy atom. The van der Waals surface area contributed by atoms with Gasteiger partial charge in [-0.25, -0.2) is 5.01 Å². The smallest absolute Gasteiger partial charge is 0.241 e. The number of thioether (sulfide) groups is 1. The van der Waals surface area contributed by atoms with Crippen LogP contribution in [0.25, 0.3) is 0 Å². The fourth-order valence-electron chi connectivity index (χ4n) is 2.79. The molecule has 3 rings (SSSR count). The normalized spacial score (nSPS) is 15.3. The Bertz CT molecular complexity index is 983. The first-order valence-electron chi connectivity index (χ1n) is 9.39. The van der Waals surface area contributed by atoms with E-state index in [9.17, 15) is 9.59 Å². The van der Waals surface area contributed by atoms with Gasteiger partial charge in [-0.3, -0.25) is 9.59 Å². The number of amides is 2. The lowest BCUT2D eigenvalue weighted by molar-refractivity contribution is -0.129. The molecule has 0 unspecified atom stereocenters. The number of carbonyl (C=O) groups is 2. The predicted octanol–water partition coefficient (Wildman–Crippen LogP) is 3.81. The molecule has 0 radical (unpaired) electrons. The molecule has 1 aliphatic heterocycles. The third-order valence-corrected chi connectivity index (χ3v) is 5.49. The molecule has 0 spiro atoms. The Morgan fingerprint density at radius 2 is 1.77 bits per heavy atom. The van der Waals surface area contributed by atoms with E-state index in [1.165, 1.54) is 30.6 Å². The zero-order valence-corrected chi connectivity index (χ0v) is 18.8. The maximum absolute atomic E-state index is 12.2. The van der Waals surface area contributed by atoms with E-state index in [1.54, 1.807) is 49.6 Å². The van der Waals surface area contributed by atoms with E-state index in [0.29, 0.717) is 39.6 Å². The van der Waals surface area contributed by atoms with Gasteiger partial charge in [-0.1, -0.05) is 23.4 Å². The number of methoxy groups -OCH3 is 1. The van der Waals surface area contributed by atoms with Crippen molar-refractivity contribution in [3.8, 4) is 17.2 Å². The van der Waals surface area contributed by atoms with Crippen molar-refractivity contribution < 1.29 is 23.8 Å². The second-order valence-corrected chi connectivity index (χ2v) is 7.98. The molecule has 164 valence electrons. The average molecular weight is 464 g/mol. The van der Waals surface area contributed by atoms with Gasteiger partial charge in [0, 0.05) is 24.4 Å². The molecule has 2 aromatic rings. The summed E-state index contributed by atoms with van der Waals surface area (Å²) in [7, 11) is 1.56. The summed E-state index contributed by atoms with van der Waals surface area (Å²) in [6, 6.07) is 12.4. The van der Waals surface area contributed by atoms with Crippen molar-refractivity contribution in [2.24, 2.45) is 5.10 Å². The zero-order valence-electron chi connectivity index (χ0n) is 17.3. The van der Waals surface area contributed by atoms with Gasteiger partial charge in [-0.2, -0.15) is 0 Å². The van der Waals surface area contributed by atoms with Gasteiger partial charge in [0.15, 0.2) is 5.17 Å². The molecule has 1 atom stereocenters. The van der Waals surface area contributed by atoms with E-state index < -0.39 is 5.37 Å². The Hall–Kier alpha value is -2.91. The summed E-state index contributed by atoms with van der Waals surface area (Å²) in [5.74, 6) is 1.32. The maximum Gasteiger partial charge on any atom is 0.241 e. The monoisotopic (exact) mass is 463 g/mol. The molecule has 10 heteroatoms.